The monoisotopic (exact) mass is 245 g/mol. The third-order valence-electron chi connectivity index (χ3n) is 2.66. The van der Waals surface area contributed by atoms with Crippen LogP contribution in [0.25, 0.3) is 0 Å². The summed E-state index contributed by atoms with van der Waals surface area (Å²) in [6.45, 7) is 6.30. The third kappa shape index (κ3) is 7.74. The van der Waals surface area contributed by atoms with Crippen molar-refractivity contribution < 1.29 is 9.53 Å². The van der Waals surface area contributed by atoms with Crippen LogP contribution in [0.1, 0.15) is 59.3 Å². The molecular weight excluding hydrogens is 222 g/mol. The van der Waals surface area contributed by atoms with Crippen molar-refractivity contribution in [3.8, 4) is 0 Å². The van der Waals surface area contributed by atoms with Gasteiger partial charge in [0.25, 0.3) is 0 Å². The Hall–Kier alpha value is -0.510. The smallest absolute Gasteiger partial charge is 0.444 e. The molecule has 1 unspecified atom stereocenters. The molecule has 0 rings (SSSR count). The fourth-order valence-corrected chi connectivity index (χ4v) is 1.67. The van der Waals surface area contributed by atoms with E-state index in [1.807, 2.05) is 13.8 Å². The van der Waals surface area contributed by atoms with E-state index in [4.69, 9.17) is 4.74 Å². The molecule has 0 aromatic rings. The summed E-state index contributed by atoms with van der Waals surface area (Å²) < 4.78 is 8.25. The Morgan fingerprint density at radius 3 is 2.38 bits per heavy atom. The molecule has 0 aliphatic heterocycles. The minimum absolute atomic E-state index is 0.0409. The van der Waals surface area contributed by atoms with Crippen LogP contribution in [0.4, 0.5) is 4.79 Å². The van der Waals surface area contributed by atoms with Crippen LogP contribution in [-0.4, -0.2) is 12.2 Å². The Morgan fingerprint density at radius 1 is 1.25 bits per heavy atom. The molecule has 4 heteroatoms. The summed E-state index contributed by atoms with van der Waals surface area (Å²) in [5.74, 6) is 0.326. The number of unbranched alkanes of at least 4 members (excludes halogenated alkanes) is 4. The van der Waals surface area contributed by atoms with Crippen molar-refractivity contribution in [3.63, 3.8) is 0 Å². The average Bonchev–Trinajstić information content (AvgIpc) is 2.26. The maximum atomic E-state index is 11.0. The maximum absolute atomic E-state index is 11.0. The summed E-state index contributed by atoms with van der Waals surface area (Å²) in [6, 6.07) is 0. The second kappa shape index (κ2) is 9.70. The summed E-state index contributed by atoms with van der Waals surface area (Å²) in [6.07, 6.45) is 6.36. The summed E-state index contributed by atoms with van der Waals surface area (Å²) in [4.78, 5) is 11.0. The summed E-state index contributed by atoms with van der Waals surface area (Å²) in [5, 5.41) is 0. The minimum atomic E-state index is -0.623. The second-order valence-electron chi connectivity index (χ2n) is 4.46. The van der Waals surface area contributed by atoms with Gasteiger partial charge in [-0.3, -0.25) is 0 Å². The van der Waals surface area contributed by atoms with Crippen molar-refractivity contribution in [1.82, 2.24) is 0 Å². The Morgan fingerprint density at radius 2 is 1.88 bits per heavy atom. The van der Waals surface area contributed by atoms with Gasteiger partial charge in [0.2, 0.25) is 0 Å². The molecule has 0 aromatic heterocycles. The van der Waals surface area contributed by atoms with Crippen molar-refractivity contribution in [1.29, 1.82) is 0 Å². The lowest BCUT2D eigenvalue weighted by Crippen LogP contribution is -2.22. The quantitative estimate of drug-likeness (QED) is 0.600. The van der Waals surface area contributed by atoms with Gasteiger partial charge in [-0.2, -0.15) is 0 Å². The molecule has 0 N–H and O–H groups in total. The zero-order chi connectivity index (χ0) is 12.4. The molecule has 1 atom stereocenters. The minimum Gasteiger partial charge on any atom is -0.444 e. The van der Waals surface area contributed by atoms with E-state index in [0.29, 0.717) is 5.92 Å². The molecule has 3 nitrogen and oxygen atoms in total. The highest BCUT2D eigenvalue weighted by Crippen LogP contribution is 2.16. The highest BCUT2D eigenvalue weighted by Gasteiger charge is 2.17. The van der Waals surface area contributed by atoms with Crippen molar-refractivity contribution in [3.05, 3.63) is 0 Å². The van der Waals surface area contributed by atoms with E-state index in [1.54, 1.807) is 0 Å². The number of amides is 1. The predicted octanol–water partition coefficient (Wildman–Crippen LogP) is 4.24. The number of rotatable bonds is 8. The molecule has 16 heavy (non-hydrogen) atoms. The Kier molecular flexibility index (Phi) is 9.39. The van der Waals surface area contributed by atoms with Gasteiger partial charge in [-0.05, 0) is 18.8 Å². The lowest BCUT2D eigenvalue weighted by Gasteiger charge is -2.19. The normalized spacial score (nSPS) is 12.5. The van der Waals surface area contributed by atoms with Crippen LogP contribution < -0.4 is 0 Å². The Balaban J connectivity index is 3.77. The van der Waals surface area contributed by atoms with Gasteiger partial charge in [-0.1, -0.05) is 46.5 Å². The zero-order valence-electron chi connectivity index (χ0n) is 10.6. The second-order valence-corrected chi connectivity index (χ2v) is 4.64. The van der Waals surface area contributed by atoms with Gasteiger partial charge in [0.1, 0.15) is 6.10 Å². The van der Waals surface area contributed by atoms with Crippen LogP contribution >= 0.6 is 0 Å². The van der Waals surface area contributed by atoms with Gasteiger partial charge < -0.3 is 4.74 Å². The Labute approximate surface area is 104 Å². The first-order valence-electron chi connectivity index (χ1n) is 6.15. The zero-order valence-corrected chi connectivity index (χ0v) is 11.4. The van der Waals surface area contributed by atoms with Gasteiger partial charge in [-0.15, -0.1) is 4.36 Å². The molecular formula is C12H23NO2S. The van der Waals surface area contributed by atoms with Gasteiger partial charge in [0.05, 0.1) is 0 Å². The van der Waals surface area contributed by atoms with E-state index in [0.717, 1.165) is 12.8 Å². The molecule has 0 aliphatic rings. The van der Waals surface area contributed by atoms with Crippen LogP contribution in [0.15, 0.2) is 4.36 Å². The first-order valence-corrected chi connectivity index (χ1v) is 6.52. The third-order valence-corrected chi connectivity index (χ3v) is 2.81. The Bertz CT molecular complexity index is 207. The molecule has 94 valence electrons. The van der Waals surface area contributed by atoms with E-state index in [1.165, 1.54) is 25.7 Å². The lowest BCUT2D eigenvalue weighted by molar-refractivity contribution is 0.0720. The number of ether oxygens (including phenoxy) is 1. The largest absolute Gasteiger partial charge is 0.445 e. The lowest BCUT2D eigenvalue weighted by atomic mass is 10.00. The van der Waals surface area contributed by atoms with Gasteiger partial charge in [-0.25, -0.2) is 4.79 Å². The molecule has 0 spiro atoms. The number of hydrogen-bond acceptors (Lipinski definition) is 3. The van der Waals surface area contributed by atoms with Crippen molar-refractivity contribution in [2.75, 3.05) is 0 Å². The maximum Gasteiger partial charge on any atom is 0.445 e. The van der Waals surface area contributed by atoms with Gasteiger partial charge in [0, 0.05) is 12.4 Å². The highest BCUT2D eigenvalue weighted by molar-refractivity contribution is 7.47. The molecule has 0 saturated heterocycles. The van der Waals surface area contributed by atoms with Gasteiger partial charge in [0.15, 0.2) is 0 Å². The number of carbonyl (C=O) groups excluding carboxylic acids is 1. The van der Waals surface area contributed by atoms with E-state index in [9.17, 15) is 4.79 Å². The van der Waals surface area contributed by atoms with Crippen LogP contribution in [0.5, 0.6) is 0 Å². The van der Waals surface area contributed by atoms with E-state index < -0.39 is 6.09 Å². The van der Waals surface area contributed by atoms with Crippen LogP contribution in [0.3, 0.4) is 0 Å². The summed E-state index contributed by atoms with van der Waals surface area (Å²) in [7, 11) is 0. The first kappa shape index (κ1) is 15.5. The topological polar surface area (TPSA) is 38.7 Å². The summed E-state index contributed by atoms with van der Waals surface area (Å²) in [5.41, 5.74) is 0. The van der Waals surface area contributed by atoms with E-state index in [-0.39, 0.29) is 6.10 Å². The number of hydrogen-bond donors (Lipinski definition) is 0. The molecule has 0 saturated carbocycles. The SMILES string of the molecule is CCCCCCCC(OC(=O)N=S)C(C)C. The van der Waals surface area contributed by atoms with Crippen LogP contribution in [0.2, 0.25) is 0 Å². The molecule has 0 aromatic carbocycles. The molecule has 0 aliphatic carbocycles. The average molecular weight is 245 g/mol. The molecule has 0 bridgehead atoms. The van der Waals surface area contributed by atoms with Crippen molar-refractivity contribution >= 4 is 18.5 Å². The fraction of sp³-hybridized carbons (Fsp3) is 0.917. The molecule has 0 heterocycles. The first-order chi connectivity index (χ1) is 7.61. The van der Waals surface area contributed by atoms with Crippen LogP contribution in [-0.2, 0) is 17.2 Å². The van der Waals surface area contributed by atoms with Gasteiger partial charge >= 0.3 is 6.09 Å². The molecule has 0 radical (unpaired) electrons. The standard InChI is InChI=1S/C12H23NO2S/c1-4-5-6-7-8-9-11(10(2)3)15-12(14)13-16/h10-11H,4-9H2,1-3H3. The molecule has 0 fully saturated rings. The highest BCUT2D eigenvalue weighted by atomic mass is 32.1. The molecule has 1 amide bonds. The summed E-state index contributed by atoms with van der Waals surface area (Å²) >= 11 is 4.30. The number of nitrogens with zero attached hydrogens (tertiary/aromatic N) is 1. The van der Waals surface area contributed by atoms with Crippen LogP contribution in [0, 0.1) is 5.92 Å². The van der Waals surface area contributed by atoms with Crippen molar-refractivity contribution in [2.45, 2.75) is 65.4 Å². The predicted molar refractivity (Wildman–Crippen MR) is 68.3 cm³/mol. The van der Waals surface area contributed by atoms with E-state index >= 15 is 0 Å². The van der Waals surface area contributed by atoms with E-state index in [2.05, 4.69) is 23.7 Å². The number of carbonyl (C=O) groups is 1. The van der Waals surface area contributed by atoms with Crippen molar-refractivity contribution in [2.24, 2.45) is 10.3 Å². The fourth-order valence-electron chi connectivity index (χ4n) is 1.63.